The predicted octanol–water partition coefficient (Wildman–Crippen LogP) is -0.811. The number of aromatic carboxylic acids is 1. The Hall–Kier alpha value is -2.66. The molecule has 10 nitrogen and oxygen atoms in total. The van der Waals surface area contributed by atoms with Gasteiger partial charge in [0.2, 0.25) is 12.2 Å². The number of fused-ring (bicyclic) bond motifs is 1. The van der Waals surface area contributed by atoms with Crippen LogP contribution in [-0.2, 0) is 9.53 Å². The number of para-hydroxylation sites is 1. The second-order valence-electron chi connectivity index (χ2n) is 6.23. The van der Waals surface area contributed by atoms with Crippen LogP contribution < -0.4 is 10.1 Å². The number of carbonyl (C=O) groups excluding carboxylic acids is 1. The smallest absolute Gasteiger partial charge is 0.356 e. The Bertz CT molecular complexity index is 851. The number of aromatic nitrogens is 1. The maximum Gasteiger partial charge on any atom is 0.356 e. The number of amides is 1. The second kappa shape index (κ2) is 7.53. The van der Waals surface area contributed by atoms with Crippen LogP contribution in [0.15, 0.2) is 24.3 Å². The van der Waals surface area contributed by atoms with Crippen molar-refractivity contribution in [2.75, 3.05) is 6.61 Å². The van der Waals surface area contributed by atoms with Gasteiger partial charge in [-0.3, -0.25) is 4.79 Å². The summed E-state index contributed by atoms with van der Waals surface area (Å²) >= 11 is 0. The zero-order valence-corrected chi connectivity index (χ0v) is 14.3. The number of rotatable bonds is 5. The normalized spacial score (nSPS) is 28.1. The first kappa shape index (κ1) is 19.1. The minimum Gasteiger partial charge on any atom is -0.476 e. The van der Waals surface area contributed by atoms with Crippen molar-refractivity contribution < 1.29 is 39.5 Å². The Labute approximate surface area is 153 Å². The van der Waals surface area contributed by atoms with Gasteiger partial charge in [0, 0.05) is 17.8 Å². The number of hydrogen-bond acceptors (Lipinski definition) is 7. The number of H-pyrrole nitrogens is 1. The van der Waals surface area contributed by atoms with Crippen molar-refractivity contribution in [3.63, 3.8) is 0 Å². The van der Waals surface area contributed by atoms with Gasteiger partial charge in [0.25, 0.3) is 0 Å². The fraction of sp³-hybridized carbons (Fsp3) is 0.412. The molecule has 3 rings (SSSR count). The predicted molar refractivity (Wildman–Crippen MR) is 91.3 cm³/mol. The lowest BCUT2D eigenvalue weighted by atomic mass is 9.97. The molecule has 27 heavy (non-hydrogen) atoms. The second-order valence-corrected chi connectivity index (χ2v) is 6.23. The number of benzene rings is 1. The molecule has 0 saturated carbocycles. The third kappa shape index (κ3) is 3.60. The van der Waals surface area contributed by atoms with Crippen molar-refractivity contribution >= 4 is 22.8 Å². The molecule has 10 heteroatoms. The summed E-state index contributed by atoms with van der Waals surface area (Å²) in [6.45, 7) is 0.604. The fourth-order valence-electron chi connectivity index (χ4n) is 3.08. The Morgan fingerprint density at radius 3 is 2.59 bits per heavy atom. The van der Waals surface area contributed by atoms with E-state index in [4.69, 9.17) is 9.47 Å². The molecule has 1 aromatic carbocycles. The lowest BCUT2D eigenvalue weighted by Crippen LogP contribution is -2.65. The van der Waals surface area contributed by atoms with Gasteiger partial charge in [-0.1, -0.05) is 12.1 Å². The van der Waals surface area contributed by atoms with Crippen LogP contribution in [0.25, 0.3) is 10.9 Å². The number of aromatic amines is 1. The molecule has 2 aromatic rings. The molecule has 0 aliphatic carbocycles. The van der Waals surface area contributed by atoms with E-state index in [0.29, 0.717) is 10.9 Å². The molecule has 1 amide bonds. The van der Waals surface area contributed by atoms with Crippen LogP contribution in [-0.4, -0.2) is 74.5 Å². The summed E-state index contributed by atoms with van der Waals surface area (Å²) in [7, 11) is 0. The molecule has 0 spiro atoms. The standard InChI is InChI=1S/C17H20N2O8/c1-7(21)18-11-14(23)13(22)10(6-20)26-17(11)27-15-8-4-2-3-5-9(8)19-12(15)16(24)25/h2-5,10-11,13-14,17,19-20,22-23H,6H2,1H3,(H,18,21)(H,24,25)/t10?,11?,13-,14?,17?/m1/s1. The molecule has 1 aliphatic rings. The number of carbonyl (C=O) groups is 2. The number of aliphatic hydroxyl groups excluding tert-OH is 3. The van der Waals surface area contributed by atoms with Crippen molar-refractivity contribution in [3.8, 4) is 5.75 Å². The highest BCUT2D eigenvalue weighted by atomic mass is 16.7. The summed E-state index contributed by atoms with van der Waals surface area (Å²) in [5.74, 6) is -1.82. The number of aliphatic hydroxyl groups is 3. The zero-order chi connectivity index (χ0) is 19.7. The van der Waals surface area contributed by atoms with Crippen LogP contribution in [0.4, 0.5) is 0 Å². The van der Waals surface area contributed by atoms with Gasteiger partial charge in [0.15, 0.2) is 11.4 Å². The van der Waals surface area contributed by atoms with Gasteiger partial charge in [0.05, 0.1) is 6.61 Å². The molecule has 0 radical (unpaired) electrons. The van der Waals surface area contributed by atoms with Crippen molar-refractivity contribution in [1.29, 1.82) is 0 Å². The minimum absolute atomic E-state index is 0.0428. The first-order valence-electron chi connectivity index (χ1n) is 8.23. The van der Waals surface area contributed by atoms with E-state index in [1.165, 1.54) is 6.92 Å². The van der Waals surface area contributed by atoms with Crippen LogP contribution in [0.3, 0.4) is 0 Å². The highest BCUT2D eigenvalue weighted by Crippen LogP contribution is 2.33. The highest BCUT2D eigenvalue weighted by Gasteiger charge is 2.46. The summed E-state index contributed by atoms with van der Waals surface area (Å²) < 4.78 is 11.2. The summed E-state index contributed by atoms with van der Waals surface area (Å²) in [5.41, 5.74) is 0.276. The van der Waals surface area contributed by atoms with Gasteiger partial charge in [-0.25, -0.2) is 4.79 Å². The summed E-state index contributed by atoms with van der Waals surface area (Å²) in [4.78, 5) is 25.8. The van der Waals surface area contributed by atoms with E-state index in [1.54, 1.807) is 24.3 Å². The van der Waals surface area contributed by atoms with Crippen molar-refractivity contribution in [2.45, 2.75) is 37.6 Å². The van der Waals surface area contributed by atoms with Crippen LogP contribution in [0.2, 0.25) is 0 Å². The van der Waals surface area contributed by atoms with Gasteiger partial charge in [-0.2, -0.15) is 0 Å². The third-order valence-electron chi connectivity index (χ3n) is 4.36. The molecular formula is C17H20N2O8. The van der Waals surface area contributed by atoms with E-state index in [9.17, 15) is 30.0 Å². The largest absolute Gasteiger partial charge is 0.476 e. The minimum atomic E-state index is -1.50. The highest BCUT2D eigenvalue weighted by molar-refractivity contribution is 6.00. The number of ether oxygens (including phenoxy) is 2. The Morgan fingerprint density at radius 2 is 1.96 bits per heavy atom. The molecule has 4 unspecified atom stereocenters. The molecule has 6 N–H and O–H groups in total. The van der Waals surface area contributed by atoms with Gasteiger partial charge in [-0.15, -0.1) is 0 Å². The van der Waals surface area contributed by atoms with Crippen molar-refractivity contribution in [3.05, 3.63) is 30.0 Å². The Balaban J connectivity index is 2.00. The summed E-state index contributed by atoms with van der Waals surface area (Å²) in [6, 6.07) is 5.52. The van der Waals surface area contributed by atoms with E-state index in [0.717, 1.165) is 0 Å². The monoisotopic (exact) mass is 380 g/mol. The third-order valence-corrected chi connectivity index (χ3v) is 4.36. The average Bonchev–Trinajstić information content (AvgIpc) is 3.00. The van der Waals surface area contributed by atoms with E-state index in [-0.39, 0.29) is 11.4 Å². The number of carboxylic acid groups (broad SMARTS) is 1. The molecule has 1 aromatic heterocycles. The molecule has 1 saturated heterocycles. The molecule has 2 heterocycles. The van der Waals surface area contributed by atoms with Gasteiger partial charge in [-0.05, 0) is 12.1 Å². The number of carboxylic acids is 1. The zero-order valence-electron chi connectivity index (χ0n) is 14.3. The summed E-state index contributed by atoms with van der Waals surface area (Å²) in [5, 5.41) is 42.1. The lowest BCUT2D eigenvalue weighted by molar-refractivity contribution is -0.244. The van der Waals surface area contributed by atoms with Crippen molar-refractivity contribution in [1.82, 2.24) is 10.3 Å². The first-order chi connectivity index (χ1) is 12.8. The van der Waals surface area contributed by atoms with Crippen LogP contribution >= 0.6 is 0 Å². The van der Waals surface area contributed by atoms with E-state index >= 15 is 0 Å². The molecule has 1 fully saturated rings. The maximum atomic E-state index is 11.6. The Kier molecular flexibility index (Phi) is 5.33. The van der Waals surface area contributed by atoms with E-state index < -0.39 is 49.1 Å². The molecule has 0 bridgehead atoms. The first-order valence-corrected chi connectivity index (χ1v) is 8.23. The number of hydrogen-bond donors (Lipinski definition) is 6. The molecule has 146 valence electrons. The molecule has 1 aliphatic heterocycles. The SMILES string of the molecule is CC(=O)NC1C(Oc2c(C(=O)O)[nH]c3ccccc23)OC(CO)[C@@H](O)C1O. The average molecular weight is 380 g/mol. The van der Waals surface area contributed by atoms with Crippen molar-refractivity contribution in [2.24, 2.45) is 0 Å². The Morgan fingerprint density at radius 1 is 1.26 bits per heavy atom. The summed E-state index contributed by atoms with van der Waals surface area (Å²) in [6.07, 6.45) is -5.48. The topological polar surface area (TPSA) is 161 Å². The quantitative estimate of drug-likeness (QED) is 0.392. The van der Waals surface area contributed by atoms with Crippen LogP contribution in [0.1, 0.15) is 17.4 Å². The maximum absolute atomic E-state index is 11.6. The molecule has 5 atom stereocenters. The lowest BCUT2D eigenvalue weighted by Gasteiger charge is -2.42. The van der Waals surface area contributed by atoms with Gasteiger partial charge >= 0.3 is 5.97 Å². The van der Waals surface area contributed by atoms with E-state index in [1.807, 2.05) is 0 Å². The van der Waals surface area contributed by atoms with Gasteiger partial charge < -0.3 is 40.2 Å². The number of nitrogens with one attached hydrogen (secondary N) is 2. The fourth-order valence-corrected chi connectivity index (χ4v) is 3.08. The van der Waals surface area contributed by atoms with Crippen LogP contribution in [0, 0.1) is 0 Å². The molecular weight excluding hydrogens is 360 g/mol. The van der Waals surface area contributed by atoms with Gasteiger partial charge in [0.1, 0.15) is 24.4 Å². The van der Waals surface area contributed by atoms with E-state index in [2.05, 4.69) is 10.3 Å². The van der Waals surface area contributed by atoms with Crippen LogP contribution in [0.5, 0.6) is 5.75 Å².